The number of hydrogen-bond acceptors (Lipinski definition) is 4. The zero-order chi connectivity index (χ0) is 16.5. The summed E-state index contributed by atoms with van der Waals surface area (Å²) in [6, 6.07) is 4.62. The average Bonchev–Trinajstić information content (AvgIpc) is 3.27. The maximum atomic E-state index is 12.3. The maximum Gasteiger partial charge on any atom is 0.273 e. The summed E-state index contributed by atoms with van der Waals surface area (Å²) in [7, 11) is 0. The van der Waals surface area contributed by atoms with Gasteiger partial charge in [0.1, 0.15) is 0 Å². The van der Waals surface area contributed by atoms with Crippen LogP contribution >= 0.6 is 0 Å². The smallest absolute Gasteiger partial charge is 0.273 e. The Hall–Kier alpha value is -1.95. The highest BCUT2D eigenvalue weighted by molar-refractivity contribution is 5.95. The van der Waals surface area contributed by atoms with Crippen molar-refractivity contribution >= 4 is 11.6 Å². The Morgan fingerprint density at radius 3 is 2.55 bits per heavy atom. The number of nitrogens with two attached hydrogens (primary N) is 1. The number of nitrogens with one attached hydrogen (secondary N) is 1. The van der Waals surface area contributed by atoms with Crippen LogP contribution in [0.15, 0.2) is 18.2 Å². The van der Waals surface area contributed by atoms with Crippen LogP contribution in [0.25, 0.3) is 0 Å². The minimum absolute atomic E-state index is 0.0177. The summed E-state index contributed by atoms with van der Waals surface area (Å²) in [6.07, 6.45) is 2.15. The number of nitro benzene ring substituents is 1. The molecule has 0 aromatic heterocycles. The number of carbonyl (C=O) groups is 1. The van der Waals surface area contributed by atoms with Gasteiger partial charge in [-0.3, -0.25) is 14.9 Å². The summed E-state index contributed by atoms with van der Waals surface area (Å²) in [5, 5.41) is 14.2. The second kappa shape index (κ2) is 6.04. The lowest BCUT2D eigenvalue weighted by atomic mass is 9.85. The zero-order valence-corrected chi connectivity index (χ0v) is 13.3. The van der Waals surface area contributed by atoms with E-state index in [-0.39, 0.29) is 23.1 Å². The van der Waals surface area contributed by atoms with E-state index < -0.39 is 4.92 Å². The van der Waals surface area contributed by atoms with Crippen molar-refractivity contribution in [1.29, 1.82) is 0 Å². The molecule has 1 aliphatic carbocycles. The van der Waals surface area contributed by atoms with Crippen LogP contribution in [0.2, 0.25) is 0 Å². The number of nitrogens with zero attached hydrogens (tertiary/aromatic N) is 1. The first-order valence-corrected chi connectivity index (χ1v) is 7.54. The Balaban J connectivity index is 2.26. The highest BCUT2D eigenvalue weighted by atomic mass is 16.6. The van der Waals surface area contributed by atoms with Crippen LogP contribution in [0.5, 0.6) is 0 Å². The van der Waals surface area contributed by atoms with Gasteiger partial charge >= 0.3 is 0 Å². The third kappa shape index (κ3) is 3.62. The molecular formula is C16H23N3O3. The summed E-state index contributed by atoms with van der Waals surface area (Å²) in [5.41, 5.74) is 6.22. The van der Waals surface area contributed by atoms with Gasteiger partial charge in [-0.05, 0) is 30.2 Å². The first-order valence-electron chi connectivity index (χ1n) is 7.54. The third-order valence-electron chi connectivity index (χ3n) is 4.03. The highest BCUT2D eigenvalue weighted by Crippen LogP contribution is 2.33. The van der Waals surface area contributed by atoms with Crippen LogP contribution < -0.4 is 11.1 Å². The molecule has 2 rings (SSSR count). The van der Waals surface area contributed by atoms with Gasteiger partial charge in [0.2, 0.25) is 0 Å². The Bertz CT molecular complexity index is 589. The fourth-order valence-electron chi connectivity index (χ4n) is 2.58. The monoisotopic (exact) mass is 305 g/mol. The molecule has 0 spiro atoms. The van der Waals surface area contributed by atoms with Crippen LogP contribution in [0.3, 0.4) is 0 Å². The number of benzene rings is 1. The molecule has 6 nitrogen and oxygen atoms in total. The zero-order valence-electron chi connectivity index (χ0n) is 13.3. The van der Waals surface area contributed by atoms with Gasteiger partial charge in [0.05, 0.1) is 4.92 Å². The van der Waals surface area contributed by atoms with Gasteiger partial charge in [-0.15, -0.1) is 0 Å². The normalized spacial score (nSPS) is 16.2. The van der Waals surface area contributed by atoms with E-state index in [0.717, 1.165) is 12.8 Å². The Morgan fingerprint density at radius 1 is 1.45 bits per heavy atom. The Labute approximate surface area is 130 Å². The molecule has 1 atom stereocenters. The lowest BCUT2D eigenvalue weighted by Gasteiger charge is -2.20. The quantitative estimate of drug-likeness (QED) is 0.644. The van der Waals surface area contributed by atoms with Crippen LogP contribution in [0.1, 0.15) is 49.5 Å². The number of nitro groups is 1. The van der Waals surface area contributed by atoms with Crippen molar-refractivity contribution in [3.63, 3.8) is 0 Å². The van der Waals surface area contributed by atoms with Crippen molar-refractivity contribution in [1.82, 2.24) is 5.32 Å². The van der Waals surface area contributed by atoms with Crippen molar-refractivity contribution in [3.05, 3.63) is 39.4 Å². The number of hydrogen-bond donors (Lipinski definition) is 2. The van der Waals surface area contributed by atoms with E-state index in [9.17, 15) is 14.9 Å². The number of amides is 1. The summed E-state index contributed by atoms with van der Waals surface area (Å²) in [4.78, 5) is 23.2. The predicted octanol–water partition coefficient (Wildman–Crippen LogP) is 2.36. The van der Waals surface area contributed by atoms with Crippen LogP contribution in [0, 0.1) is 16.0 Å². The molecule has 0 bridgehead atoms. The van der Waals surface area contributed by atoms with E-state index in [4.69, 9.17) is 5.73 Å². The van der Waals surface area contributed by atoms with Crippen molar-refractivity contribution in [3.8, 4) is 0 Å². The van der Waals surface area contributed by atoms with Gasteiger partial charge in [-0.25, -0.2) is 0 Å². The first kappa shape index (κ1) is 16.4. The molecule has 1 aromatic carbocycles. The van der Waals surface area contributed by atoms with Crippen LogP contribution in [0.4, 0.5) is 5.69 Å². The van der Waals surface area contributed by atoms with Crippen molar-refractivity contribution in [2.75, 3.05) is 6.54 Å². The van der Waals surface area contributed by atoms with Crippen molar-refractivity contribution in [2.45, 2.75) is 45.1 Å². The largest absolute Gasteiger partial charge is 0.348 e. The highest BCUT2D eigenvalue weighted by Gasteiger charge is 2.32. The van der Waals surface area contributed by atoms with Crippen LogP contribution in [-0.2, 0) is 5.41 Å². The number of carbonyl (C=O) groups excluding carboxylic acids is 1. The van der Waals surface area contributed by atoms with E-state index in [2.05, 4.69) is 5.32 Å². The maximum absolute atomic E-state index is 12.3. The van der Waals surface area contributed by atoms with Gasteiger partial charge in [-0.2, -0.15) is 0 Å². The number of rotatable bonds is 5. The third-order valence-corrected chi connectivity index (χ3v) is 4.03. The first-order chi connectivity index (χ1) is 10.2. The van der Waals surface area contributed by atoms with Gasteiger partial charge < -0.3 is 11.1 Å². The molecule has 0 radical (unpaired) electrons. The molecule has 0 aliphatic heterocycles. The predicted molar refractivity (Wildman–Crippen MR) is 84.8 cm³/mol. The van der Waals surface area contributed by atoms with Gasteiger partial charge in [0, 0.05) is 29.8 Å². The topological polar surface area (TPSA) is 98.3 Å². The minimum atomic E-state index is -0.432. The molecular weight excluding hydrogens is 282 g/mol. The Morgan fingerprint density at radius 2 is 2.09 bits per heavy atom. The molecule has 3 N–H and O–H groups in total. The minimum Gasteiger partial charge on any atom is -0.348 e. The Kier molecular flexibility index (Phi) is 4.51. The lowest BCUT2D eigenvalue weighted by molar-refractivity contribution is -0.386. The molecule has 6 heteroatoms. The average molecular weight is 305 g/mol. The van der Waals surface area contributed by atoms with Crippen molar-refractivity contribution in [2.24, 2.45) is 11.7 Å². The second-order valence-corrected chi connectivity index (χ2v) is 6.89. The van der Waals surface area contributed by atoms with E-state index in [1.54, 1.807) is 12.1 Å². The summed E-state index contributed by atoms with van der Waals surface area (Å²) < 4.78 is 0. The fourth-order valence-corrected chi connectivity index (χ4v) is 2.58. The molecule has 22 heavy (non-hydrogen) atoms. The van der Waals surface area contributed by atoms with Gasteiger partial charge in [0.25, 0.3) is 11.6 Å². The molecule has 1 aliphatic rings. The summed E-state index contributed by atoms with van der Waals surface area (Å²) in [5.74, 6) is 0.142. The van der Waals surface area contributed by atoms with Crippen LogP contribution in [-0.4, -0.2) is 23.4 Å². The summed E-state index contributed by atoms with van der Waals surface area (Å²) >= 11 is 0. The van der Waals surface area contributed by atoms with E-state index in [1.807, 2.05) is 20.8 Å². The van der Waals surface area contributed by atoms with E-state index >= 15 is 0 Å². The molecule has 0 heterocycles. The van der Waals surface area contributed by atoms with Gasteiger partial charge in [0.15, 0.2) is 0 Å². The molecule has 0 saturated heterocycles. The van der Waals surface area contributed by atoms with E-state index in [1.165, 1.54) is 6.07 Å². The molecule has 1 saturated carbocycles. The molecule has 120 valence electrons. The second-order valence-electron chi connectivity index (χ2n) is 6.89. The SMILES string of the molecule is CC(C)(C)c1ccc(C(=O)NC(CN)C2CC2)cc1[N+](=O)[O-]. The lowest BCUT2D eigenvalue weighted by Crippen LogP contribution is -2.41. The standard InChI is InChI=1S/C16H23N3O3/c1-16(2,3)12-7-6-11(8-14(12)19(21)22)15(20)18-13(9-17)10-4-5-10/h6-8,10,13H,4-5,9,17H2,1-3H3,(H,18,20). The fraction of sp³-hybridized carbons (Fsp3) is 0.562. The van der Waals surface area contributed by atoms with Crippen molar-refractivity contribution < 1.29 is 9.72 Å². The summed E-state index contributed by atoms with van der Waals surface area (Å²) in [6.45, 7) is 6.12. The molecule has 1 aromatic rings. The molecule has 1 unspecified atom stereocenters. The van der Waals surface area contributed by atoms with Gasteiger partial charge in [-0.1, -0.05) is 26.8 Å². The van der Waals surface area contributed by atoms with E-state index in [0.29, 0.717) is 23.6 Å². The molecule has 1 fully saturated rings. The molecule has 1 amide bonds.